The van der Waals surface area contributed by atoms with Gasteiger partial charge in [-0.1, -0.05) is 5.10 Å². The lowest BCUT2D eigenvalue weighted by Gasteiger charge is -2.02. The Hall–Kier alpha value is -1.79. The van der Waals surface area contributed by atoms with Crippen molar-refractivity contribution in [2.75, 3.05) is 13.4 Å². The number of ether oxygens (including phenoxy) is 1. The second-order valence-corrected chi connectivity index (χ2v) is 5.17. The fourth-order valence-corrected chi connectivity index (χ4v) is 2.29. The van der Waals surface area contributed by atoms with Crippen molar-refractivity contribution < 1.29 is 9.29 Å². The van der Waals surface area contributed by atoms with Crippen LogP contribution in [0.25, 0.3) is 16.4 Å². The van der Waals surface area contributed by atoms with E-state index in [0.29, 0.717) is 5.16 Å². The van der Waals surface area contributed by atoms with E-state index in [4.69, 9.17) is 4.74 Å². The summed E-state index contributed by atoms with van der Waals surface area (Å²) in [6.07, 6.45) is 3.24. The van der Waals surface area contributed by atoms with Crippen LogP contribution in [0, 0.1) is 0 Å². The van der Waals surface area contributed by atoms with Gasteiger partial charge in [-0.25, -0.2) is 4.52 Å². The molecule has 0 saturated heterocycles. The predicted molar refractivity (Wildman–Crippen MR) is 69.4 cm³/mol. The van der Waals surface area contributed by atoms with E-state index >= 15 is 0 Å². The van der Waals surface area contributed by atoms with E-state index < -0.39 is 11.2 Å². The zero-order chi connectivity index (χ0) is 12.7. The van der Waals surface area contributed by atoms with E-state index in [1.54, 1.807) is 24.1 Å². The Labute approximate surface area is 107 Å². The lowest BCUT2D eigenvalue weighted by molar-refractivity contribution is 0.415. The molecule has 0 saturated carbocycles. The van der Waals surface area contributed by atoms with Gasteiger partial charge in [-0.15, -0.1) is 0 Å². The maximum absolute atomic E-state index is 11.4. The van der Waals surface area contributed by atoms with Crippen LogP contribution in [0.15, 0.2) is 35.6 Å². The highest BCUT2D eigenvalue weighted by Gasteiger charge is 2.12. The minimum absolute atomic E-state index is 0.329. The summed E-state index contributed by atoms with van der Waals surface area (Å²) < 4.78 is 18.3. The first kappa shape index (κ1) is 11.3. The second-order valence-electron chi connectivity index (χ2n) is 3.90. The largest absolute Gasteiger partial charge is 0.609 e. The molecule has 3 aromatic rings. The topological polar surface area (TPSA) is 62.5 Å². The maximum atomic E-state index is 11.4. The maximum Gasteiger partial charge on any atom is 0.359 e. The number of benzene rings is 1. The van der Waals surface area contributed by atoms with Crippen LogP contribution >= 0.6 is 0 Å². The Balaban J connectivity index is 2.31. The average Bonchev–Trinajstić information content (AvgIpc) is 2.74. The lowest BCUT2D eigenvalue weighted by atomic mass is 10.2. The summed E-state index contributed by atoms with van der Waals surface area (Å²) >= 11 is -1.19. The fraction of sp³-hybridized carbons (Fsp3) is 0.167. The molecule has 0 spiro atoms. The number of rotatable bonds is 2. The molecule has 0 aliphatic heterocycles. The molecule has 1 unspecified atom stereocenters. The monoisotopic (exact) mass is 261 g/mol. The summed E-state index contributed by atoms with van der Waals surface area (Å²) in [6.45, 7) is 0. The van der Waals surface area contributed by atoms with Crippen molar-refractivity contribution >= 4 is 27.6 Å². The molecule has 1 aromatic carbocycles. The van der Waals surface area contributed by atoms with Crippen molar-refractivity contribution in [3.05, 3.63) is 30.5 Å². The van der Waals surface area contributed by atoms with Crippen LogP contribution in [0.5, 0.6) is 5.75 Å². The first-order valence-corrected chi connectivity index (χ1v) is 6.91. The van der Waals surface area contributed by atoms with Gasteiger partial charge in [0.25, 0.3) is 0 Å². The molecule has 2 aromatic heterocycles. The Morgan fingerprint density at radius 1 is 1.33 bits per heavy atom. The number of hydrogen-bond donors (Lipinski definition) is 0. The van der Waals surface area contributed by atoms with E-state index in [1.807, 2.05) is 24.3 Å². The molecule has 1 atom stereocenters. The van der Waals surface area contributed by atoms with Crippen molar-refractivity contribution in [1.82, 2.24) is 14.6 Å². The van der Waals surface area contributed by atoms with Crippen molar-refractivity contribution in [2.24, 2.45) is 0 Å². The highest BCUT2D eigenvalue weighted by molar-refractivity contribution is 7.90. The molecule has 0 N–H and O–H groups in total. The van der Waals surface area contributed by atoms with Gasteiger partial charge in [0, 0.05) is 16.6 Å². The van der Waals surface area contributed by atoms with Crippen LogP contribution in [0.1, 0.15) is 0 Å². The van der Waals surface area contributed by atoms with Gasteiger partial charge in [-0.05, 0) is 24.3 Å². The predicted octanol–water partition coefficient (Wildman–Crippen LogP) is 1.63. The minimum Gasteiger partial charge on any atom is -0.609 e. The van der Waals surface area contributed by atoms with E-state index in [0.717, 1.165) is 22.2 Å². The van der Waals surface area contributed by atoms with E-state index in [1.165, 1.54) is 0 Å². The molecular formula is C12H11N3O2S. The summed E-state index contributed by atoms with van der Waals surface area (Å²) in [5.41, 5.74) is 1.81. The second kappa shape index (κ2) is 4.15. The van der Waals surface area contributed by atoms with Gasteiger partial charge in [-0.3, -0.25) is 0 Å². The van der Waals surface area contributed by atoms with Gasteiger partial charge in [0.1, 0.15) is 12.0 Å². The van der Waals surface area contributed by atoms with E-state index in [-0.39, 0.29) is 0 Å². The number of hydrogen-bond acceptors (Lipinski definition) is 4. The summed E-state index contributed by atoms with van der Waals surface area (Å²) in [5.74, 6) is 0.797. The van der Waals surface area contributed by atoms with Gasteiger partial charge in [-0.2, -0.15) is 4.98 Å². The smallest absolute Gasteiger partial charge is 0.359 e. The van der Waals surface area contributed by atoms with Crippen LogP contribution in [0.4, 0.5) is 0 Å². The van der Waals surface area contributed by atoms with Crippen molar-refractivity contribution in [3.8, 4) is 5.75 Å². The third kappa shape index (κ3) is 1.70. The highest BCUT2D eigenvalue weighted by atomic mass is 32.2. The summed E-state index contributed by atoms with van der Waals surface area (Å²) in [4.78, 5) is 4.08. The highest BCUT2D eigenvalue weighted by Crippen LogP contribution is 2.23. The summed E-state index contributed by atoms with van der Waals surface area (Å²) in [5, 5.41) is 5.63. The standard InChI is InChI=1S/C12H11N3O2S/c1-17-10-3-4-11-8(6-10)5-9-7-13-12(18(2)16)14-15(9)11/h3-7H,1-2H3. The van der Waals surface area contributed by atoms with E-state index in [9.17, 15) is 4.55 Å². The van der Waals surface area contributed by atoms with Crippen LogP contribution in [0.3, 0.4) is 0 Å². The summed E-state index contributed by atoms with van der Waals surface area (Å²) in [7, 11) is 1.63. The molecule has 0 fully saturated rings. The molecule has 2 heterocycles. The van der Waals surface area contributed by atoms with Crippen molar-refractivity contribution in [1.29, 1.82) is 0 Å². The minimum atomic E-state index is -1.19. The Morgan fingerprint density at radius 3 is 2.89 bits per heavy atom. The van der Waals surface area contributed by atoms with E-state index in [2.05, 4.69) is 10.1 Å². The average molecular weight is 261 g/mol. The van der Waals surface area contributed by atoms with Crippen LogP contribution in [-0.4, -0.2) is 32.5 Å². The SMILES string of the molecule is COc1ccc2c(c1)cc1cnc([S+](C)[O-])nn12. The molecule has 0 aliphatic rings. The van der Waals surface area contributed by atoms with Crippen LogP contribution < -0.4 is 4.74 Å². The number of fused-ring (bicyclic) bond motifs is 3. The first-order chi connectivity index (χ1) is 8.69. The lowest BCUT2D eigenvalue weighted by Crippen LogP contribution is -2.07. The Bertz CT molecular complexity index is 724. The fourth-order valence-electron chi connectivity index (χ4n) is 1.90. The van der Waals surface area contributed by atoms with Gasteiger partial charge >= 0.3 is 5.16 Å². The van der Waals surface area contributed by atoms with Crippen molar-refractivity contribution in [2.45, 2.75) is 5.16 Å². The van der Waals surface area contributed by atoms with Gasteiger partial charge in [0.2, 0.25) is 0 Å². The normalized spacial score (nSPS) is 13.1. The molecule has 6 heteroatoms. The molecule has 0 aliphatic carbocycles. The van der Waals surface area contributed by atoms with Gasteiger partial charge in [0.05, 0.1) is 24.3 Å². The third-order valence-corrected chi connectivity index (χ3v) is 3.46. The molecule has 0 amide bonds. The molecule has 0 bridgehead atoms. The zero-order valence-corrected chi connectivity index (χ0v) is 10.8. The number of aromatic nitrogens is 3. The molecular weight excluding hydrogens is 250 g/mol. The zero-order valence-electron chi connectivity index (χ0n) is 9.95. The van der Waals surface area contributed by atoms with Crippen LogP contribution in [0.2, 0.25) is 0 Å². The first-order valence-electron chi connectivity index (χ1n) is 5.35. The molecule has 18 heavy (non-hydrogen) atoms. The van der Waals surface area contributed by atoms with Gasteiger partial charge in [0.15, 0.2) is 0 Å². The summed E-state index contributed by atoms with van der Waals surface area (Å²) in [6, 6.07) is 7.71. The van der Waals surface area contributed by atoms with Crippen molar-refractivity contribution in [3.63, 3.8) is 0 Å². The molecule has 0 radical (unpaired) electrons. The third-order valence-electron chi connectivity index (χ3n) is 2.76. The Kier molecular flexibility index (Phi) is 2.61. The Morgan fingerprint density at radius 2 is 2.17 bits per heavy atom. The van der Waals surface area contributed by atoms with Gasteiger partial charge < -0.3 is 9.29 Å². The molecule has 92 valence electrons. The quantitative estimate of drug-likeness (QED) is 0.658. The van der Waals surface area contributed by atoms with Crippen LogP contribution in [-0.2, 0) is 11.2 Å². The molecule has 5 nitrogen and oxygen atoms in total. The number of nitrogens with zero attached hydrogens (tertiary/aromatic N) is 3. The molecule has 3 rings (SSSR count). The number of methoxy groups -OCH3 is 1.